The molecule has 6 heteroatoms. The monoisotopic (exact) mass is 308 g/mol. The van der Waals surface area contributed by atoms with Gasteiger partial charge >= 0.3 is 0 Å². The lowest BCUT2D eigenvalue weighted by atomic mass is 9.70. The second-order valence-electron chi connectivity index (χ2n) is 6.51. The number of anilines is 1. The highest BCUT2D eigenvalue weighted by molar-refractivity contribution is 7.80. The summed E-state index contributed by atoms with van der Waals surface area (Å²) >= 11 is 4.45. The SMILES string of the molecule is CN1CCN(c2cnn(CC3(CS)CCC3)c(=O)c2)CC1. The zero-order chi connectivity index (χ0) is 14.9. The molecule has 0 amide bonds. The van der Waals surface area contributed by atoms with E-state index in [1.54, 1.807) is 10.7 Å². The van der Waals surface area contributed by atoms with Gasteiger partial charge in [0, 0.05) is 32.2 Å². The second kappa shape index (κ2) is 6.01. The molecule has 116 valence electrons. The van der Waals surface area contributed by atoms with Crippen molar-refractivity contribution in [2.75, 3.05) is 43.9 Å². The van der Waals surface area contributed by atoms with E-state index in [2.05, 4.69) is 34.6 Å². The lowest BCUT2D eigenvalue weighted by Gasteiger charge is -2.40. The molecule has 0 N–H and O–H groups in total. The maximum atomic E-state index is 12.3. The predicted octanol–water partition coefficient (Wildman–Crippen LogP) is 1.10. The van der Waals surface area contributed by atoms with E-state index in [9.17, 15) is 4.79 Å². The normalized spacial score (nSPS) is 22.1. The summed E-state index contributed by atoms with van der Waals surface area (Å²) in [6.45, 7) is 4.69. The van der Waals surface area contributed by atoms with Gasteiger partial charge in [0.1, 0.15) is 0 Å². The van der Waals surface area contributed by atoms with Crippen LogP contribution in [0, 0.1) is 5.41 Å². The second-order valence-corrected chi connectivity index (χ2v) is 6.83. The topological polar surface area (TPSA) is 41.4 Å². The minimum Gasteiger partial charge on any atom is -0.368 e. The van der Waals surface area contributed by atoms with Crippen LogP contribution in [0.25, 0.3) is 0 Å². The van der Waals surface area contributed by atoms with Gasteiger partial charge < -0.3 is 9.80 Å². The zero-order valence-electron chi connectivity index (χ0n) is 12.7. The fourth-order valence-corrected chi connectivity index (χ4v) is 3.56. The van der Waals surface area contributed by atoms with Gasteiger partial charge in [-0.05, 0) is 31.1 Å². The van der Waals surface area contributed by atoms with Crippen LogP contribution < -0.4 is 10.5 Å². The molecule has 0 aromatic carbocycles. The first kappa shape index (κ1) is 14.9. The van der Waals surface area contributed by atoms with Crippen LogP contribution >= 0.6 is 12.6 Å². The molecule has 1 aromatic heterocycles. The minimum absolute atomic E-state index is 0.0134. The van der Waals surface area contributed by atoms with Crippen LogP contribution in [-0.2, 0) is 6.54 Å². The van der Waals surface area contributed by atoms with Crippen molar-refractivity contribution in [1.82, 2.24) is 14.7 Å². The first-order chi connectivity index (χ1) is 10.1. The number of piperazine rings is 1. The van der Waals surface area contributed by atoms with E-state index < -0.39 is 0 Å². The average Bonchev–Trinajstić information content (AvgIpc) is 2.45. The first-order valence-electron chi connectivity index (χ1n) is 7.73. The zero-order valence-corrected chi connectivity index (χ0v) is 13.6. The highest BCUT2D eigenvalue weighted by Crippen LogP contribution is 2.42. The van der Waals surface area contributed by atoms with E-state index in [-0.39, 0.29) is 11.0 Å². The summed E-state index contributed by atoms with van der Waals surface area (Å²) in [5.74, 6) is 0.835. The van der Waals surface area contributed by atoms with Gasteiger partial charge in [-0.15, -0.1) is 0 Å². The van der Waals surface area contributed by atoms with Gasteiger partial charge in [0.25, 0.3) is 5.56 Å². The molecule has 1 saturated carbocycles. The number of rotatable bonds is 4. The highest BCUT2D eigenvalue weighted by Gasteiger charge is 2.36. The molecule has 2 aliphatic rings. The summed E-state index contributed by atoms with van der Waals surface area (Å²) in [6, 6.07) is 1.74. The maximum Gasteiger partial charge on any atom is 0.268 e. The number of likely N-dealkylation sites (N-methyl/N-ethyl adjacent to an activating group) is 1. The Morgan fingerprint density at radius 2 is 2.00 bits per heavy atom. The van der Waals surface area contributed by atoms with Crippen LogP contribution in [0.15, 0.2) is 17.1 Å². The minimum atomic E-state index is 0.0134. The van der Waals surface area contributed by atoms with Crippen molar-refractivity contribution in [2.24, 2.45) is 5.41 Å². The molecule has 3 rings (SSSR count). The third-order valence-corrected chi connectivity index (χ3v) is 5.63. The van der Waals surface area contributed by atoms with Crippen LogP contribution in [0.5, 0.6) is 0 Å². The Balaban J connectivity index is 1.72. The van der Waals surface area contributed by atoms with Gasteiger partial charge in [0.2, 0.25) is 0 Å². The lowest BCUT2D eigenvalue weighted by Crippen LogP contribution is -2.45. The number of aromatic nitrogens is 2. The maximum absolute atomic E-state index is 12.3. The molecule has 1 aliphatic carbocycles. The van der Waals surface area contributed by atoms with Crippen LogP contribution in [0.3, 0.4) is 0 Å². The molecule has 1 aliphatic heterocycles. The van der Waals surface area contributed by atoms with Crippen LogP contribution in [-0.4, -0.2) is 53.7 Å². The third-order valence-electron chi connectivity index (χ3n) is 4.96. The summed E-state index contributed by atoms with van der Waals surface area (Å²) in [5, 5.41) is 4.40. The molecular weight excluding hydrogens is 284 g/mol. The lowest BCUT2D eigenvalue weighted by molar-refractivity contribution is 0.130. The quantitative estimate of drug-likeness (QED) is 0.846. The van der Waals surface area contributed by atoms with Crippen molar-refractivity contribution < 1.29 is 0 Å². The smallest absolute Gasteiger partial charge is 0.268 e. The predicted molar refractivity (Wildman–Crippen MR) is 88.3 cm³/mol. The van der Waals surface area contributed by atoms with E-state index >= 15 is 0 Å². The summed E-state index contributed by atoms with van der Waals surface area (Å²) in [4.78, 5) is 16.9. The molecule has 0 bridgehead atoms. The van der Waals surface area contributed by atoms with Crippen molar-refractivity contribution >= 4 is 18.3 Å². The van der Waals surface area contributed by atoms with Crippen LogP contribution in [0.1, 0.15) is 19.3 Å². The van der Waals surface area contributed by atoms with Gasteiger partial charge in [-0.25, -0.2) is 4.68 Å². The molecule has 1 saturated heterocycles. The van der Waals surface area contributed by atoms with E-state index in [0.29, 0.717) is 6.54 Å². The summed E-state index contributed by atoms with van der Waals surface area (Å²) in [5.41, 5.74) is 1.16. The van der Waals surface area contributed by atoms with E-state index in [4.69, 9.17) is 0 Å². The Morgan fingerprint density at radius 1 is 1.29 bits per heavy atom. The van der Waals surface area contributed by atoms with Gasteiger partial charge in [-0.2, -0.15) is 17.7 Å². The Morgan fingerprint density at radius 3 is 2.52 bits per heavy atom. The molecule has 0 unspecified atom stereocenters. The van der Waals surface area contributed by atoms with E-state index in [1.807, 2.05) is 6.20 Å². The average molecular weight is 308 g/mol. The Labute approximate surface area is 131 Å². The molecule has 21 heavy (non-hydrogen) atoms. The largest absolute Gasteiger partial charge is 0.368 e. The van der Waals surface area contributed by atoms with E-state index in [0.717, 1.165) is 50.5 Å². The Bertz CT molecular complexity index is 541. The standard InChI is InChI=1S/C15H24N4OS/c1-17-5-7-18(8-6-17)13-9-14(20)19(16-10-13)11-15(12-21)3-2-4-15/h9-10,21H,2-8,11-12H2,1H3. The van der Waals surface area contributed by atoms with E-state index in [1.165, 1.54) is 6.42 Å². The van der Waals surface area contributed by atoms with Crippen molar-refractivity contribution in [3.63, 3.8) is 0 Å². The number of thiol groups is 1. The number of hydrogen-bond acceptors (Lipinski definition) is 5. The highest BCUT2D eigenvalue weighted by atomic mass is 32.1. The summed E-state index contributed by atoms with van der Waals surface area (Å²) in [6.07, 6.45) is 5.40. The molecular formula is C15H24N4OS. The van der Waals surface area contributed by atoms with Gasteiger partial charge in [0.05, 0.1) is 18.4 Å². The van der Waals surface area contributed by atoms with Crippen molar-refractivity contribution in [3.05, 3.63) is 22.6 Å². The summed E-state index contributed by atoms with van der Waals surface area (Å²) in [7, 11) is 2.13. The third kappa shape index (κ3) is 3.11. The fraction of sp³-hybridized carbons (Fsp3) is 0.733. The Kier molecular flexibility index (Phi) is 4.26. The molecule has 1 aromatic rings. The molecule has 5 nitrogen and oxygen atoms in total. The van der Waals surface area contributed by atoms with Crippen LogP contribution in [0.2, 0.25) is 0 Å². The number of nitrogens with zero attached hydrogens (tertiary/aromatic N) is 4. The number of hydrogen-bond donors (Lipinski definition) is 1. The van der Waals surface area contributed by atoms with Crippen molar-refractivity contribution in [3.8, 4) is 0 Å². The van der Waals surface area contributed by atoms with Crippen LogP contribution in [0.4, 0.5) is 5.69 Å². The summed E-state index contributed by atoms with van der Waals surface area (Å²) < 4.78 is 1.62. The van der Waals surface area contributed by atoms with Crippen molar-refractivity contribution in [1.29, 1.82) is 0 Å². The molecule has 2 heterocycles. The molecule has 0 radical (unpaired) electrons. The fourth-order valence-electron chi connectivity index (χ4n) is 3.14. The van der Waals surface area contributed by atoms with Crippen molar-refractivity contribution in [2.45, 2.75) is 25.8 Å². The molecule has 2 fully saturated rings. The van der Waals surface area contributed by atoms with Gasteiger partial charge in [0.15, 0.2) is 0 Å². The molecule has 0 atom stereocenters. The van der Waals surface area contributed by atoms with Gasteiger partial charge in [-0.3, -0.25) is 4.79 Å². The Hall–Kier alpha value is -1.01. The molecule has 0 spiro atoms. The first-order valence-corrected chi connectivity index (χ1v) is 8.37. The van der Waals surface area contributed by atoms with Gasteiger partial charge in [-0.1, -0.05) is 6.42 Å².